The van der Waals surface area contributed by atoms with Gasteiger partial charge in [-0.05, 0) is 49.5 Å². The molecule has 1 atom stereocenters. The monoisotopic (exact) mass is 452 g/mol. The topological polar surface area (TPSA) is 148 Å². The minimum absolute atomic E-state index is 0.0467. The lowest BCUT2D eigenvalue weighted by Crippen LogP contribution is -2.46. The molecule has 32 heavy (non-hydrogen) atoms. The lowest BCUT2D eigenvalue weighted by molar-refractivity contribution is 0.0924. The summed E-state index contributed by atoms with van der Waals surface area (Å²) in [5.74, 6) is -0.458. The second-order valence-electron chi connectivity index (χ2n) is 7.58. The number of carbonyl (C=O) groups is 2. The summed E-state index contributed by atoms with van der Waals surface area (Å²) in [5, 5.41) is 13.0. The number of rotatable bonds is 6. The highest BCUT2D eigenvalue weighted by molar-refractivity contribution is 7.07. The molecule has 2 aromatic heterocycles. The second-order valence-corrected chi connectivity index (χ2v) is 8.33. The second kappa shape index (κ2) is 9.79. The standard InChI is InChI=1S/C21H24N8O2S/c1-12-18(32-29-28-12)21(31)25-9-13-4-2-5-14(8-13)16-11-24-19(22)17(27-16)20(30)26-15-6-3-7-23-10-15/h2,4-5,8,11,15,23H,3,6-7,9-10H2,1H3,(H2,22,24)(H,25,31)(H,26,30). The van der Waals surface area contributed by atoms with Gasteiger partial charge in [-0.25, -0.2) is 9.97 Å². The number of amides is 2. The molecule has 11 heteroatoms. The Bertz CT molecular complexity index is 1130. The summed E-state index contributed by atoms with van der Waals surface area (Å²) in [6.45, 7) is 3.76. The molecule has 1 aliphatic heterocycles. The first-order valence-electron chi connectivity index (χ1n) is 10.3. The van der Waals surface area contributed by atoms with Crippen LogP contribution in [0.5, 0.6) is 0 Å². The van der Waals surface area contributed by atoms with Crippen molar-refractivity contribution in [3.63, 3.8) is 0 Å². The first-order valence-corrected chi connectivity index (χ1v) is 11.1. The number of aryl methyl sites for hydroxylation is 1. The molecule has 10 nitrogen and oxygen atoms in total. The van der Waals surface area contributed by atoms with Crippen LogP contribution in [0, 0.1) is 6.92 Å². The van der Waals surface area contributed by atoms with Crippen LogP contribution in [0.25, 0.3) is 11.3 Å². The van der Waals surface area contributed by atoms with Crippen LogP contribution in [0.1, 0.15) is 44.3 Å². The number of nitrogens with two attached hydrogens (primary N) is 1. The van der Waals surface area contributed by atoms with Gasteiger partial charge in [0.15, 0.2) is 11.5 Å². The number of carbonyl (C=O) groups excluding carboxylic acids is 2. The van der Waals surface area contributed by atoms with Gasteiger partial charge >= 0.3 is 0 Å². The van der Waals surface area contributed by atoms with E-state index in [1.807, 2.05) is 24.3 Å². The van der Waals surface area contributed by atoms with Crippen LogP contribution >= 0.6 is 11.5 Å². The summed E-state index contributed by atoms with van der Waals surface area (Å²) in [7, 11) is 0. The maximum absolute atomic E-state index is 12.7. The number of benzene rings is 1. The van der Waals surface area contributed by atoms with Gasteiger partial charge in [-0.1, -0.05) is 22.7 Å². The van der Waals surface area contributed by atoms with Crippen LogP contribution in [-0.4, -0.2) is 50.5 Å². The van der Waals surface area contributed by atoms with Crippen LogP contribution in [-0.2, 0) is 6.54 Å². The van der Waals surface area contributed by atoms with Crippen molar-refractivity contribution in [1.29, 1.82) is 0 Å². The predicted octanol–water partition coefficient (Wildman–Crippen LogP) is 1.30. The Morgan fingerprint density at radius 3 is 2.94 bits per heavy atom. The van der Waals surface area contributed by atoms with Crippen molar-refractivity contribution in [2.75, 3.05) is 18.8 Å². The van der Waals surface area contributed by atoms with Crippen molar-refractivity contribution in [3.05, 3.63) is 52.3 Å². The number of hydrogen-bond acceptors (Lipinski definition) is 9. The van der Waals surface area contributed by atoms with Gasteiger partial charge < -0.3 is 21.7 Å². The van der Waals surface area contributed by atoms with Gasteiger partial charge in [-0.3, -0.25) is 9.59 Å². The molecule has 3 heterocycles. The van der Waals surface area contributed by atoms with E-state index in [0.29, 0.717) is 22.8 Å². The minimum Gasteiger partial charge on any atom is -0.382 e. The zero-order chi connectivity index (χ0) is 22.5. The van der Waals surface area contributed by atoms with E-state index in [1.54, 1.807) is 13.1 Å². The van der Waals surface area contributed by atoms with Crippen LogP contribution < -0.4 is 21.7 Å². The SMILES string of the molecule is Cc1nnsc1C(=O)NCc1cccc(-c2cnc(N)c(C(=O)NC3CCCNC3)n2)c1. The van der Waals surface area contributed by atoms with Gasteiger partial charge in [0.05, 0.1) is 17.6 Å². The van der Waals surface area contributed by atoms with E-state index in [1.165, 1.54) is 0 Å². The van der Waals surface area contributed by atoms with Gasteiger partial charge in [-0.2, -0.15) is 0 Å². The lowest BCUT2D eigenvalue weighted by Gasteiger charge is -2.23. The van der Waals surface area contributed by atoms with Crippen molar-refractivity contribution < 1.29 is 9.59 Å². The molecule has 1 aromatic carbocycles. The van der Waals surface area contributed by atoms with Crippen molar-refractivity contribution >= 4 is 29.2 Å². The van der Waals surface area contributed by atoms with Crippen molar-refractivity contribution in [2.24, 2.45) is 0 Å². The third-order valence-electron chi connectivity index (χ3n) is 5.18. The van der Waals surface area contributed by atoms with Crippen molar-refractivity contribution in [1.82, 2.24) is 35.5 Å². The summed E-state index contributed by atoms with van der Waals surface area (Å²) in [6.07, 6.45) is 3.46. The number of aromatic nitrogens is 4. The predicted molar refractivity (Wildman–Crippen MR) is 121 cm³/mol. The Morgan fingerprint density at radius 2 is 2.19 bits per heavy atom. The summed E-state index contributed by atoms with van der Waals surface area (Å²) in [5.41, 5.74) is 8.83. The zero-order valence-electron chi connectivity index (χ0n) is 17.6. The fraction of sp³-hybridized carbons (Fsp3) is 0.333. The van der Waals surface area contributed by atoms with E-state index in [2.05, 4.69) is 35.5 Å². The molecule has 0 aliphatic carbocycles. The van der Waals surface area contributed by atoms with Crippen LogP contribution in [0.4, 0.5) is 5.82 Å². The van der Waals surface area contributed by atoms with Gasteiger partial charge in [0, 0.05) is 24.7 Å². The van der Waals surface area contributed by atoms with E-state index < -0.39 is 0 Å². The van der Waals surface area contributed by atoms with E-state index >= 15 is 0 Å². The molecule has 4 rings (SSSR count). The highest BCUT2D eigenvalue weighted by Crippen LogP contribution is 2.20. The molecule has 1 saturated heterocycles. The Morgan fingerprint density at radius 1 is 1.31 bits per heavy atom. The molecule has 1 unspecified atom stereocenters. The fourth-order valence-corrected chi connectivity index (χ4v) is 4.05. The lowest BCUT2D eigenvalue weighted by atomic mass is 10.1. The molecular weight excluding hydrogens is 428 g/mol. The molecule has 0 radical (unpaired) electrons. The largest absolute Gasteiger partial charge is 0.382 e. The van der Waals surface area contributed by atoms with Gasteiger partial charge in [0.25, 0.3) is 11.8 Å². The summed E-state index contributed by atoms with van der Waals surface area (Å²) < 4.78 is 3.79. The number of nitrogens with zero attached hydrogens (tertiary/aromatic N) is 4. The number of piperidine rings is 1. The third kappa shape index (κ3) is 5.06. The average Bonchev–Trinajstić information content (AvgIpc) is 3.24. The van der Waals surface area contributed by atoms with Crippen molar-refractivity contribution in [2.45, 2.75) is 32.4 Å². The molecule has 166 valence electrons. The van der Waals surface area contributed by atoms with E-state index in [4.69, 9.17) is 5.73 Å². The Labute approximate surface area is 189 Å². The molecule has 2 amide bonds. The van der Waals surface area contributed by atoms with Crippen LogP contribution in [0.15, 0.2) is 30.5 Å². The highest BCUT2D eigenvalue weighted by Gasteiger charge is 2.20. The average molecular weight is 453 g/mol. The van der Waals surface area contributed by atoms with Crippen LogP contribution in [0.2, 0.25) is 0 Å². The maximum atomic E-state index is 12.7. The zero-order valence-corrected chi connectivity index (χ0v) is 18.4. The molecular formula is C21H24N8O2S. The fourth-order valence-electron chi connectivity index (χ4n) is 3.48. The van der Waals surface area contributed by atoms with Gasteiger partial charge in [-0.15, -0.1) is 5.10 Å². The third-order valence-corrected chi connectivity index (χ3v) is 6.01. The molecule has 1 aliphatic rings. The highest BCUT2D eigenvalue weighted by atomic mass is 32.1. The van der Waals surface area contributed by atoms with E-state index in [0.717, 1.165) is 48.6 Å². The Kier molecular flexibility index (Phi) is 6.66. The summed E-state index contributed by atoms with van der Waals surface area (Å²) >= 11 is 1.07. The summed E-state index contributed by atoms with van der Waals surface area (Å²) in [6, 6.07) is 7.57. The normalized spacial score (nSPS) is 15.8. The Hall–Kier alpha value is -3.44. The Balaban J connectivity index is 1.47. The molecule has 0 spiro atoms. The minimum atomic E-state index is -0.331. The van der Waals surface area contributed by atoms with Gasteiger partial charge in [0.2, 0.25) is 0 Å². The molecule has 3 aromatic rings. The smallest absolute Gasteiger partial charge is 0.274 e. The summed E-state index contributed by atoms with van der Waals surface area (Å²) in [4.78, 5) is 34.2. The van der Waals surface area contributed by atoms with Crippen molar-refractivity contribution in [3.8, 4) is 11.3 Å². The van der Waals surface area contributed by atoms with E-state index in [9.17, 15) is 9.59 Å². The van der Waals surface area contributed by atoms with E-state index in [-0.39, 0.29) is 29.4 Å². The first-order chi connectivity index (χ1) is 15.5. The first kappa shape index (κ1) is 21.8. The molecule has 5 N–H and O–H groups in total. The number of anilines is 1. The van der Waals surface area contributed by atoms with Crippen LogP contribution in [0.3, 0.4) is 0 Å². The number of nitrogens with one attached hydrogen (secondary N) is 3. The van der Waals surface area contributed by atoms with Gasteiger partial charge in [0.1, 0.15) is 4.88 Å². The quantitative estimate of drug-likeness (QED) is 0.437. The molecule has 0 saturated carbocycles. The molecule has 1 fully saturated rings. The maximum Gasteiger partial charge on any atom is 0.274 e. The number of hydrogen-bond donors (Lipinski definition) is 4. The molecule has 0 bridgehead atoms. The number of nitrogen functional groups attached to an aromatic ring is 1.